The van der Waals surface area contributed by atoms with E-state index in [9.17, 15) is 27.6 Å². The Bertz CT molecular complexity index is 1150. The molecule has 4 amide bonds. The number of nitrogen functional groups attached to an aromatic ring is 1. The number of hydrogen-bond donors (Lipinski definition) is 5. The first-order chi connectivity index (χ1) is 17.5. The molecule has 1 fully saturated rings. The number of urea groups is 1. The van der Waals surface area contributed by atoms with Gasteiger partial charge >= 0.3 is 12.2 Å². The van der Waals surface area contributed by atoms with E-state index < -0.39 is 30.1 Å². The largest absolute Gasteiger partial charge is 0.416 e. The summed E-state index contributed by atoms with van der Waals surface area (Å²) in [5, 5.41) is 10.7. The van der Waals surface area contributed by atoms with Gasteiger partial charge in [-0.15, -0.1) is 0 Å². The molecule has 1 heterocycles. The van der Waals surface area contributed by atoms with Crippen LogP contribution in [0.3, 0.4) is 0 Å². The normalized spacial score (nSPS) is 15.8. The van der Waals surface area contributed by atoms with Gasteiger partial charge in [-0.3, -0.25) is 14.5 Å². The Labute approximate surface area is 213 Å². The molecule has 0 unspecified atom stereocenters. The number of carbonyl (C=O) groups excluding carboxylic acids is 3. The van der Waals surface area contributed by atoms with Crippen LogP contribution in [0.4, 0.5) is 29.3 Å². The number of anilines is 2. The van der Waals surface area contributed by atoms with E-state index >= 15 is 0 Å². The van der Waals surface area contributed by atoms with Crippen LogP contribution in [0.2, 0.25) is 0 Å². The number of alkyl halides is 3. The minimum absolute atomic E-state index is 0.113. The Morgan fingerprint density at radius 3 is 2.57 bits per heavy atom. The average molecular weight is 521 g/mol. The summed E-state index contributed by atoms with van der Waals surface area (Å²) in [7, 11) is 0. The zero-order valence-electron chi connectivity index (χ0n) is 20.7. The summed E-state index contributed by atoms with van der Waals surface area (Å²) in [4.78, 5) is 38.7. The molecule has 0 aromatic heterocycles. The zero-order chi connectivity index (χ0) is 27.2. The van der Waals surface area contributed by atoms with Crippen molar-refractivity contribution in [1.82, 2.24) is 20.9 Å². The number of aryl methyl sites for hydroxylation is 1. The van der Waals surface area contributed by atoms with Crippen LogP contribution in [0.1, 0.15) is 40.4 Å². The van der Waals surface area contributed by atoms with Gasteiger partial charge in [-0.1, -0.05) is 12.1 Å². The summed E-state index contributed by atoms with van der Waals surface area (Å²) in [6, 6.07) is 7.91. The molecule has 0 saturated carbocycles. The first kappa shape index (κ1) is 27.8. The van der Waals surface area contributed by atoms with E-state index in [0.717, 1.165) is 35.5 Å². The number of benzene rings is 2. The molecule has 2 aromatic rings. The molecule has 6 N–H and O–H groups in total. The van der Waals surface area contributed by atoms with Crippen molar-refractivity contribution >= 4 is 29.2 Å². The second kappa shape index (κ2) is 12.0. The van der Waals surface area contributed by atoms with Gasteiger partial charge in [0.15, 0.2) is 0 Å². The second-order valence-electron chi connectivity index (χ2n) is 8.90. The topological polar surface area (TPSA) is 129 Å². The molecule has 1 atom stereocenters. The van der Waals surface area contributed by atoms with Crippen LogP contribution < -0.4 is 27.0 Å². The zero-order valence-corrected chi connectivity index (χ0v) is 20.7. The molecule has 1 aliphatic rings. The maximum atomic E-state index is 12.9. The summed E-state index contributed by atoms with van der Waals surface area (Å²) in [5.74, 6) is -1.31. The van der Waals surface area contributed by atoms with Crippen LogP contribution in [0.15, 0.2) is 36.4 Å². The number of nitrogens with two attached hydrogens (primary N) is 1. The van der Waals surface area contributed by atoms with E-state index in [0.29, 0.717) is 32.1 Å². The van der Waals surface area contributed by atoms with Gasteiger partial charge in [0.25, 0.3) is 5.91 Å². The summed E-state index contributed by atoms with van der Waals surface area (Å²) in [6.45, 7) is 5.84. The van der Waals surface area contributed by atoms with Crippen molar-refractivity contribution in [2.75, 3.05) is 37.2 Å². The summed E-state index contributed by atoms with van der Waals surface area (Å²) >= 11 is 0. The predicted octanol–water partition coefficient (Wildman–Crippen LogP) is 2.86. The number of halogens is 3. The van der Waals surface area contributed by atoms with Crippen molar-refractivity contribution in [3.05, 3.63) is 58.7 Å². The SMILES string of the molecule is CCNC(=O)Nc1cc(CN2CC[C@@H](NC(=O)CNC(=O)c3cc(C(F)(F)F)ccc3N)C2)ccc1C. The molecular formula is C25H31F3N6O3. The molecule has 2 aromatic carbocycles. The highest BCUT2D eigenvalue weighted by Crippen LogP contribution is 2.31. The fourth-order valence-electron chi connectivity index (χ4n) is 4.05. The molecule has 0 bridgehead atoms. The third-order valence-corrected chi connectivity index (χ3v) is 5.97. The van der Waals surface area contributed by atoms with E-state index in [-0.39, 0.29) is 23.3 Å². The second-order valence-corrected chi connectivity index (χ2v) is 8.90. The van der Waals surface area contributed by atoms with Gasteiger partial charge in [0.2, 0.25) is 5.91 Å². The van der Waals surface area contributed by atoms with E-state index in [1.54, 1.807) is 0 Å². The third-order valence-electron chi connectivity index (χ3n) is 5.97. The monoisotopic (exact) mass is 520 g/mol. The Kier molecular flexibility index (Phi) is 8.98. The molecule has 1 aliphatic heterocycles. The minimum Gasteiger partial charge on any atom is -0.398 e. The maximum Gasteiger partial charge on any atom is 0.416 e. The van der Waals surface area contributed by atoms with Gasteiger partial charge in [0, 0.05) is 43.6 Å². The number of hydrogen-bond acceptors (Lipinski definition) is 5. The first-order valence-electron chi connectivity index (χ1n) is 11.9. The standard InChI is InChI=1S/C25H31F3N6O3/c1-3-30-24(37)33-21-10-16(5-4-15(21)2)13-34-9-8-18(14-34)32-22(35)12-31-23(36)19-11-17(25(26,27)28)6-7-20(19)29/h4-7,10-11,18H,3,8-9,12-14,29H2,1-2H3,(H,31,36)(H,32,35)(H2,30,33,37)/t18-/m1/s1. The van der Waals surface area contributed by atoms with Crippen LogP contribution >= 0.6 is 0 Å². The predicted molar refractivity (Wildman–Crippen MR) is 134 cm³/mol. The van der Waals surface area contributed by atoms with Crippen LogP contribution in [0.25, 0.3) is 0 Å². The molecule has 0 spiro atoms. The number of carbonyl (C=O) groups is 3. The van der Waals surface area contributed by atoms with Crippen LogP contribution in [0, 0.1) is 6.92 Å². The molecule has 3 rings (SSSR count). The highest BCUT2D eigenvalue weighted by atomic mass is 19.4. The number of nitrogens with one attached hydrogen (secondary N) is 4. The van der Waals surface area contributed by atoms with Crippen molar-refractivity contribution < 1.29 is 27.6 Å². The molecule has 200 valence electrons. The van der Waals surface area contributed by atoms with Crippen molar-refractivity contribution in [3.8, 4) is 0 Å². The smallest absolute Gasteiger partial charge is 0.398 e. The van der Waals surface area contributed by atoms with E-state index in [1.165, 1.54) is 0 Å². The molecular weight excluding hydrogens is 489 g/mol. The molecule has 1 saturated heterocycles. The van der Waals surface area contributed by atoms with Gasteiger partial charge < -0.3 is 27.0 Å². The summed E-state index contributed by atoms with van der Waals surface area (Å²) in [6.07, 6.45) is -3.91. The summed E-state index contributed by atoms with van der Waals surface area (Å²) in [5.41, 5.74) is 6.87. The number of rotatable bonds is 8. The fraction of sp³-hybridized carbons (Fsp3) is 0.400. The number of nitrogens with zero attached hydrogens (tertiary/aromatic N) is 1. The van der Waals surface area contributed by atoms with Gasteiger partial charge in [-0.25, -0.2) is 4.79 Å². The van der Waals surface area contributed by atoms with Crippen molar-refractivity contribution in [2.24, 2.45) is 0 Å². The lowest BCUT2D eigenvalue weighted by Gasteiger charge is -2.18. The Morgan fingerprint density at radius 1 is 1.11 bits per heavy atom. The quantitative estimate of drug-likeness (QED) is 0.342. The highest BCUT2D eigenvalue weighted by molar-refractivity contribution is 6.00. The van der Waals surface area contributed by atoms with Gasteiger partial charge in [0.05, 0.1) is 17.7 Å². The van der Waals surface area contributed by atoms with Crippen LogP contribution in [-0.4, -0.2) is 55.0 Å². The number of likely N-dealkylation sites (tertiary alicyclic amines) is 1. The molecule has 37 heavy (non-hydrogen) atoms. The Balaban J connectivity index is 1.49. The lowest BCUT2D eigenvalue weighted by atomic mass is 10.1. The van der Waals surface area contributed by atoms with E-state index in [4.69, 9.17) is 5.73 Å². The van der Waals surface area contributed by atoms with Gasteiger partial charge in [0.1, 0.15) is 0 Å². The van der Waals surface area contributed by atoms with Gasteiger partial charge in [-0.2, -0.15) is 13.2 Å². The third kappa shape index (κ3) is 7.84. The molecule has 0 aliphatic carbocycles. The average Bonchev–Trinajstić information content (AvgIpc) is 3.25. The van der Waals surface area contributed by atoms with E-state index in [2.05, 4.69) is 26.2 Å². The fourth-order valence-corrected chi connectivity index (χ4v) is 4.05. The molecule has 9 nitrogen and oxygen atoms in total. The molecule has 0 radical (unpaired) electrons. The molecule has 12 heteroatoms. The van der Waals surface area contributed by atoms with Crippen LogP contribution in [-0.2, 0) is 17.5 Å². The first-order valence-corrected chi connectivity index (χ1v) is 11.9. The van der Waals surface area contributed by atoms with Crippen LogP contribution in [0.5, 0.6) is 0 Å². The Morgan fingerprint density at radius 2 is 1.86 bits per heavy atom. The van der Waals surface area contributed by atoms with E-state index in [1.807, 2.05) is 32.0 Å². The highest BCUT2D eigenvalue weighted by Gasteiger charge is 2.31. The van der Waals surface area contributed by atoms with Crippen molar-refractivity contribution in [3.63, 3.8) is 0 Å². The van der Waals surface area contributed by atoms with Gasteiger partial charge in [-0.05, 0) is 55.7 Å². The Hall–Kier alpha value is -3.80. The minimum atomic E-state index is -4.62. The summed E-state index contributed by atoms with van der Waals surface area (Å²) < 4.78 is 38.8. The maximum absolute atomic E-state index is 12.9. The lowest BCUT2D eigenvalue weighted by molar-refractivity contribution is -0.137. The lowest BCUT2D eigenvalue weighted by Crippen LogP contribution is -2.43. The van der Waals surface area contributed by atoms with Crippen molar-refractivity contribution in [2.45, 2.75) is 39.0 Å². The number of amides is 4. The van der Waals surface area contributed by atoms with Crippen molar-refractivity contribution in [1.29, 1.82) is 0 Å².